The Kier molecular flexibility index (Phi) is 35.6. The van der Waals surface area contributed by atoms with Crippen molar-refractivity contribution in [2.24, 2.45) is 14.1 Å². The Hall–Kier alpha value is -3.60. The lowest BCUT2D eigenvalue weighted by Gasteiger charge is -2.00. The molecule has 0 saturated carbocycles. The van der Waals surface area contributed by atoms with Crippen LogP contribution in [-0.4, -0.2) is 48.8 Å². The molecule has 0 amide bonds. The zero-order valence-corrected chi connectivity index (χ0v) is 33.5. The van der Waals surface area contributed by atoms with Gasteiger partial charge in [0.15, 0.2) is 0 Å². The third kappa shape index (κ3) is 16.5. The maximum atomic E-state index is 2.75. The summed E-state index contributed by atoms with van der Waals surface area (Å²) in [6, 6.07) is 34.1. The summed E-state index contributed by atoms with van der Waals surface area (Å²) >= 11 is 0. The van der Waals surface area contributed by atoms with E-state index in [0.717, 1.165) is 6.54 Å². The quantitative estimate of drug-likeness (QED) is 0.190. The molecule has 0 atom stereocenters. The molecule has 272 valence electrons. The first-order valence-electron chi connectivity index (χ1n) is 17.9. The molecule has 4 heteroatoms. The smallest absolute Gasteiger partial charge is 0.0488 e. The van der Waals surface area contributed by atoms with Gasteiger partial charge in [-0.2, -0.15) is 0 Å². The average Bonchev–Trinajstić information content (AvgIpc) is 3.60. The molecule has 4 nitrogen and oxygen atoms in total. The van der Waals surface area contributed by atoms with E-state index in [1.165, 1.54) is 50.0 Å². The molecule has 0 radical (unpaired) electrons. The van der Waals surface area contributed by atoms with E-state index in [0.29, 0.717) is 0 Å². The number of hydrogen-bond donors (Lipinski definition) is 1. The molecular weight excluding hydrogens is 585 g/mol. The fourth-order valence-electron chi connectivity index (χ4n) is 4.24. The predicted molar refractivity (Wildman–Crippen MR) is 228 cm³/mol. The van der Waals surface area contributed by atoms with Crippen LogP contribution in [0.15, 0.2) is 97.1 Å². The van der Waals surface area contributed by atoms with Crippen LogP contribution in [0, 0.1) is 0 Å². The van der Waals surface area contributed by atoms with Gasteiger partial charge in [0.25, 0.3) is 0 Å². The molecule has 4 aromatic carbocycles. The van der Waals surface area contributed by atoms with Crippen molar-refractivity contribution in [3.05, 3.63) is 97.1 Å². The van der Waals surface area contributed by atoms with Crippen molar-refractivity contribution in [1.29, 1.82) is 0 Å². The minimum absolute atomic E-state index is 0. The fraction of sp³-hybridized carbons (Fsp3) is 0.455. The highest BCUT2D eigenvalue weighted by atomic mass is 15.0. The van der Waals surface area contributed by atoms with E-state index < -0.39 is 0 Å². The van der Waals surface area contributed by atoms with Crippen LogP contribution in [-0.2, 0) is 14.1 Å². The molecule has 0 aliphatic rings. The van der Waals surface area contributed by atoms with Gasteiger partial charge in [-0.15, -0.1) is 0 Å². The van der Waals surface area contributed by atoms with E-state index in [1.807, 2.05) is 69.5 Å². The summed E-state index contributed by atoms with van der Waals surface area (Å²) < 4.78 is 4.48. The summed E-state index contributed by atoms with van der Waals surface area (Å²) in [4.78, 5) is 2.12. The number of aromatic nitrogens is 2. The fourth-order valence-corrected chi connectivity index (χ4v) is 4.24. The van der Waals surface area contributed by atoms with Gasteiger partial charge in [-0.25, -0.2) is 0 Å². The second kappa shape index (κ2) is 33.3. The van der Waals surface area contributed by atoms with Gasteiger partial charge in [0.05, 0.1) is 0 Å². The molecule has 0 bridgehead atoms. The monoisotopic (exact) mass is 661 g/mol. The van der Waals surface area contributed by atoms with Gasteiger partial charge < -0.3 is 19.4 Å². The second-order valence-corrected chi connectivity index (χ2v) is 9.79. The van der Waals surface area contributed by atoms with E-state index in [4.69, 9.17) is 0 Å². The van der Waals surface area contributed by atoms with E-state index in [-0.39, 0.29) is 7.43 Å². The standard InChI is InChI=1S/2C13H11N.C4H11N.C3H8.C2H7N.4C2H6.CH4/c2*1-14-12-8-4-2-6-10(12)11-7-3-5-9-13(11)14;1-4-5(2)3;2*1-3-2;4*1-2;/h2*2-9H,1H3;4H2,1-3H3;3H2,1-2H3;3H,1-2H3;4*1-2H3;1H4. The summed E-state index contributed by atoms with van der Waals surface area (Å²) in [5.41, 5.74) is 5.20. The van der Waals surface area contributed by atoms with Gasteiger partial charge in [-0.05, 0) is 59.0 Å². The first-order chi connectivity index (χ1) is 22.9. The Morgan fingerprint density at radius 2 is 0.604 bits per heavy atom. The van der Waals surface area contributed by atoms with Crippen molar-refractivity contribution in [2.45, 2.75) is 90.0 Å². The maximum absolute atomic E-state index is 2.75. The van der Waals surface area contributed by atoms with Crippen molar-refractivity contribution in [3.63, 3.8) is 0 Å². The normalized spacial score (nSPS) is 8.79. The molecule has 1 N–H and O–H groups in total. The van der Waals surface area contributed by atoms with Crippen LogP contribution in [0.5, 0.6) is 0 Å². The highest BCUT2D eigenvalue weighted by Crippen LogP contribution is 2.28. The second-order valence-electron chi connectivity index (χ2n) is 9.79. The summed E-state index contributed by atoms with van der Waals surface area (Å²) in [6.07, 6.45) is 1.25. The summed E-state index contributed by atoms with van der Waals surface area (Å²) in [5, 5.41) is 8.10. The first kappa shape index (κ1) is 51.2. The summed E-state index contributed by atoms with van der Waals surface area (Å²) in [6.45, 7) is 23.5. The number of nitrogens with one attached hydrogen (secondary N) is 1. The van der Waals surface area contributed by atoms with Crippen LogP contribution in [0.2, 0.25) is 0 Å². The Morgan fingerprint density at radius 1 is 0.458 bits per heavy atom. The van der Waals surface area contributed by atoms with Crippen LogP contribution in [0.4, 0.5) is 0 Å². The van der Waals surface area contributed by atoms with Crippen molar-refractivity contribution < 1.29 is 0 Å². The van der Waals surface area contributed by atoms with E-state index in [2.05, 4.69) is 165 Å². The molecule has 0 aliphatic heterocycles. The Labute approximate surface area is 298 Å². The van der Waals surface area contributed by atoms with E-state index in [9.17, 15) is 0 Å². The van der Waals surface area contributed by atoms with E-state index in [1.54, 1.807) is 0 Å². The molecule has 6 aromatic rings. The maximum Gasteiger partial charge on any atom is 0.0488 e. The van der Waals surface area contributed by atoms with Gasteiger partial charge in [-0.3, -0.25) is 0 Å². The number of benzene rings is 4. The molecular formula is C44H76N4. The van der Waals surface area contributed by atoms with Gasteiger partial charge in [-0.1, -0.05) is 163 Å². The Balaban J connectivity index is -0.000000266. The number of aryl methyl sites for hydroxylation is 2. The van der Waals surface area contributed by atoms with Gasteiger partial charge in [0.2, 0.25) is 0 Å². The highest BCUT2D eigenvalue weighted by Gasteiger charge is 2.06. The zero-order valence-electron chi connectivity index (χ0n) is 33.5. The van der Waals surface area contributed by atoms with Crippen LogP contribution in [0.25, 0.3) is 43.6 Å². The van der Waals surface area contributed by atoms with E-state index >= 15 is 0 Å². The van der Waals surface area contributed by atoms with Crippen LogP contribution in [0.3, 0.4) is 0 Å². The molecule has 0 fully saturated rings. The van der Waals surface area contributed by atoms with Crippen molar-refractivity contribution in [2.75, 3.05) is 34.7 Å². The van der Waals surface area contributed by atoms with Crippen molar-refractivity contribution >= 4 is 43.6 Å². The van der Waals surface area contributed by atoms with Gasteiger partial charge in [0, 0.05) is 57.7 Å². The summed E-state index contributed by atoms with van der Waals surface area (Å²) in [5.74, 6) is 0. The van der Waals surface area contributed by atoms with Crippen molar-refractivity contribution in [3.8, 4) is 0 Å². The van der Waals surface area contributed by atoms with Gasteiger partial charge >= 0.3 is 0 Å². The Morgan fingerprint density at radius 3 is 0.750 bits per heavy atom. The minimum atomic E-state index is 0. The molecule has 6 rings (SSSR count). The third-order valence-corrected chi connectivity index (χ3v) is 6.27. The lowest BCUT2D eigenvalue weighted by Crippen LogP contribution is -2.08. The number of nitrogens with zero attached hydrogens (tertiary/aromatic N) is 3. The van der Waals surface area contributed by atoms with Crippen LogP contribution in [0.1, 0.15) is 90.0 Å². The minimum Gasteiger partial charge on any atom is -0.344 e. The lowest BCUT2D eigenvalue weighted by atomic mass is 10.2. The molecule has 0 saturated heterocycles. The molecule has 2 heterocycles. The van der Waals surface area contributed by atoms with Crippen LogP contribution < -0.4 is 5.32 Å². The molecule has 48 heavy (non-hydrogen) atoms. The zero-order chi connectivity index (χ0) is 36.8. The van der Waals surface area contributed by atoms with Crippen LogP contribution >= 0.6 is 0 Å². The highest BCUT2D eigenvalue weighted by molar-refractivity contribution is 6.08. The van der Waals surface area contributed by atoms with Gasteiger partial charge in [0.1, 0.15) is 0 Å². The van der Waals surface area contributed by atoms with Crippen molar-refractivity contribution in [1.82, 2.24) is 19.4 Å². The molecule has 0 spiro atoms. The molecule has 0 aliphatic carbocycles. The summed E-state index contributed by atoms with van der Waals surface area (Å²) in [7, 11) is 12.1. The number of para-hydroxylation sites is 4. The first-order valence-corrected chi connectivity index (χ1v) is 17.9. The Bertz CT molecular complexity index is 1320. The third-order valence-electron chi connectivity index (χ3n) is 6.27. The largest absolute Gasteiger partial charge is 0.344 e. The molecule has 0 unspecified atom stereocenters. The molecule has 2 aromatic heterocycles. The number of hydrogen-bond acceptors (Lipinski definition) is 2. The average molecular weight is 661 g/mol. The lowest BCUT2D eigenvalue weighted by molar-refractivity contribution is 0.434. The number of fused-ring (bicyclic) bond motifs is 6. The topological polar surface area (TPSA) is 25.1 Å². The number of rotatable bonds is 1. The predicted octanol–water partition coefficient (Wildman–Crippen LogP) is 13.2. The SMILES string of the molecule is C.CC.CC.CC.CC.CCC.CCN(C)C.CNC.Cn1c2ccccc2c2ccccc21.Cn1c2ccccc2c2ccccc21.